The molecule has 0 aromatic rings. The van der Waals surface area contributed by atoms with E-state index in [1.54, 1.807) is 0 Å². The van der Waals surface area contributed by atoms with Gasteiger partial charge in [-0.25, -0.2) is 0 Å². The summed E-state index contributed by atoms with van der Waals surface area (Å²) in [4.78, 5) is 14.7. The molecule has 0 aromatic carbocycles. The Balaban J connectivity index is 1.92. The van der Waals surface area contributed by atoms with Crippen molar-refractivity contribution in [3.05, 3.63) is 11.6 Å². The van der Waals surface area contributed by atoms with Gasteiger partial charge in [0.15, 0.2) is 14.1 Å². The average molecular weight is 447 g/mol. The van der Waals surface area contributed by atoms with Gasteiger partial charge in [-0.05, 0) is 72.9 Å². The Hall–Kier alpha value is -0.453. The Morgan fingerprint density at radius 3 is 2.29 bits per heavy atom. The monoisotopic (exact) mass is 446 g/mol. The van der Waals surface area contributed by atoms with E-state index >= 15 is 0 Å². The first-order valence-electron chi connectivity index (χ1n) is 12.6. The van der Waals surface area contributed by atoms with Gasteiger partial charge in [-0.2, -0.15) is 0 Å². The van der Waals surface area contributed by atoms with Gasteiger partial charge in [0.1, 0.15) is 0 Å². The molecule has 0 aromatic heterocycles. The zero-order valence-electron chi connectivity index (χ0n) is 21.8. The van der Waals surface area contributed by atoms with Crippen molar-refractivity contribution in [3.63, 3.8) is 0 Å². The normalized spacial score (nSPS) is 49.0. The first-order valence-corrected chi connectivity index (χ1v) is 15.5. The molecule has 0 radical (unpaired) electrons. The van der Waals surface area contributed by atoms with Crippen molar-refractivity contribution in [3.8, 4) is 0 Å². The summed E-state index contributed by atoms with van der Waals surface area (Å²) in [6.07, 6.45) is 3.73. The molecule has 1 N–H and O–H groups in total. The Bertz CT molecular complexity index is 821. The molecule has 3 fully saturated rings. The second-order valence-corrected chi connectivity index (χ2v) is 18.7. The number of carbonyl (C=O) groups is 1. The highest BCUT2D eigenvalue weighted by Crippen LogP contribution is 2.73. The lowest BCUT2D eigenvalue weighted by Gasteiger charge is -2.48. The van der Waals surface area contributed by atoms with Crippen LogP contribution in [-0.2, 0) is 9.22 Å². The van der Waals surface area contributed by atoms with E-state index in [2.05, 4.69) is 81.5 Å². The van der Waals surface area contributed by atoms with Crippen molar-refractivity contribution in [2.75, 3.05) is 0 Å². The van der Waals surface area contributed by atoms with Gasteiger partial charge in [0, 0.05) is 5.92 Å². The van der Waals surface area contributed by atoms with Crippen molar-refractivity contribution in [1.29, 1.82) is 0 Å². The molecule has 4 rings (SSSR count). The molecular formula is C27H46O3Si. The van der Waals surface area contributed by atoms with Crippen LogP contribution in [-0.4, -0.2) is 30.9 Å². The number of Topliss-reactive ketones (excluding diaryl/α,β-unsaturated/α-hetero) is 1. The van der Waals surface area contributed by atoms with Crippen LogP contribution in [0.2, 0.25) is 18.1 Å². The molecule has 0 heterocycles. The smallest absolute Gasteiger partial charge is 0.192 e. The largest absolute Gasteiger partial charge is 0.413 e. The summed E-state index contributed by atoms with van der Waals surface area (Å²) >= 11 is 0. The minimum Gasteiger partial charge on any atom is -0.413 e. The summed E-state index contributed by atoms with van der Waals surface area (Å²) in [6, 6.07) is 0. The molecule has 0 unspecified atom stereocenters. The lowest BCUT2D eigenvalue weighted by atomic mass is 9.58. The molecule has 4 aliphatic carbocycles. The fraction of sp³-hybridized carbons (Fsp3) is 0.889. The number of aliphatic hydroxyl groups is 1. The van der Waals surface area contributed by atoms with Crippen LogP contribution >= 0.6 is 0 Å². The maximum absolute atomic E-state index is 14.7. The molecular weight excluding hydrogens is 400 g/mol. The van der Waals surface area contributed by atoms with E-state index in [4.69, 9.17) is 4.43 Å². The van der Waals surface area contributed by atoms with Crippen LogP contribution in [0.5, 0.6) is 0 Å². The molecule has 0 aliphatic heterocycles. The summed E-state index contributed by atoms with van der Waals surface area (Å²) < 4.78 is 7.16. The summed E-state index contributed by atoms with van der Waals surface area (Å²) in [5.74, 6) is 1.37. The standard InChI is InChI=1S/C27H46O3Si/c1-15-13-26-16(2)12-19-21(25(19,8)9)20(23(26)28)22(30-31(10,11)24(5,6)7)17(3)18(4)27(26,29)14-15/h13,16-22,29H,12,14H2,1-11H3/t16-,17-,18-,19-,20-,21-,22-,26+,27-/m1/s1. The van der Waals surface area contributed by atoms with Gasteiger partial charge < -0.3 is 9.53 Å². The molecule has 9 atom stereocenters. The SMILES string of the molecule is CC1=C[C@]23C(=O)[C@@H]([C@H](O[Si](C)(C)C(C)(C)C)[C@H](C)[C@@H](C)[C@]2(O)C1)[C@H]1[C@@H](C[C@H]3C)C1(C)C. The third kappa shape index (κ3) is 2.86. The topological polar surface area (TPSA) is 46.5 Å². The van der Waals surface area contributed by atoms with Gasteiger partial charge in [-0.15, -0.1) is 0 Å². The summed E-state index contributed by atoms with van der Waals surface area (Å²) in [6.45, 7) is 24.9. The third-order valence-electron chi connectivity index (χ3n) is 11.0. The van der Waals surface area contributed by atoms with Crippen LogP contribution in [0.4, 0.5) is 0 Å². The predicted octanol–water partition coefficient (Wildman–Crippen LogP) is 6.23. The number of fused-ring (bicyclic) bond motifs is 3. The lowest BCUT2D eigenvalue weighted by molar-refractivity contribution is -0.156. The molecule has 0 amide bonds. The Morgan fingerprint density at radius 2 is 1.74 bits per heavy atom. The van der Waals surface area contributed by atoms with E-state index in [9.17, 15) is 9.90 Å². The third-order valence-corrected chi connectivity index (χ3v) is 15.5. The first-order chi connectivity index (χ1) is 13.9. The van der Waals surface area contributed by atoms with Crippen LogP contribution in [0, 0.1) is 46.3 Å². The minimum atomic E-state index is -2.09. The number of ketones is 1. The Morgan fingerprint density at radius 1 is 1.16 bits per heavy atom. The summed E-state index contributed by atoms with van der Waals surface area (Å²) in [5.41, 5.74) is -0.407. The Labute approximate surface area is 191 Å². The van der Waals surface area contributed by atoms with E-state index in [1.807, 2.05) is 0 Å². The Kier molecular flexibility index (Phi) is 5.02. The van der Waals surface area contributed by atoms with Gasteiger partial charge in [0.25, 0.3) is 0 Å². The number of hydrogen-bond acceptors (Lipinski definition) is 3. The molecule has 31 heavy (non-hydrogen) atoms. The van der Waals surface area contributed by atoms with E-state index < -0.39 is 19.3 Å². The van der Waals surface area contributed by atoms with Crippen LogP contribution in [0.15, 0.2) is 11.6 Å². The maximum atomic E-state index is 14.7. The maximum Gasteiger partial charge on any atom is 0.192 e. The predicted molar refractivity (Wildman–Crippen MR) is 129 cm³/mol. The molecule has 176 valence electrons. The number of rotatable bonds is 2. The van der Waals surface area contributed by atoms with Gasteiger partial charge in [0.2, 0.25) is 0 Å². The number of carbonyl (C=O) groups excluding carboxylic acids is 1. The molecule has 3 nitrogen and oxygen atoms in total. The van der Waals surface area contributed by atoms with Gasteiger partial charge in [-0.1, -0.05) is 67.0 Å². The van der Waals surface area contributed by atoms with Crippen LogP contribution < -0.4 is 0 Å². The van der Waals surface area contributed by atoms with Crippen molar-refractivity contribution >= 4 is 14.1 Å². The van der Waals surface area contributed by atoms with Gasteiger partial charge >= 0.3 is 0 Å². The highest BCUT2D eigenvalue weighted by molar-refractivity contribution is 6.74. The zero-order chi connectivity index (χ0) is 23.5. The van der Waals surface area contributed by atoms with Crippen LogP contribution in [0.1, 0.15) is 75.2 Å². The molecule has 1 spiro atoms. The van der Waals surface area contributed by atoms with Gasteiger partial charge in [0.05, 0.1) is 17.1 Å². The fourth-order valence-corrected chi connectivity index (χ4v) is 9.22. The first kappa shape index (κ1) is 23.7. The molecule has 0 saturated heterocycles. The minimum absolute atomic E-state index is 0.00535. The van der Waals surface area contributed by atoms with E-state index in [0.29, 0.717) is 18.3 Å². The van der Waals surface area contributed by atoms with Crippen molar-refractivity contribution in [1.82, 2.24) is 0 Å². The van der Waals surface area contributed by atoms with E-state index in [1.165, 1.54) is 5.57 Å². The second kappa shape index (κ2) is 6.57. The van der Waals surface area contributed by atoms with Crippen molar-refractivity contribution in [2.24, 2.45) is 46.3 Å². The van der Waals surface area contributed by atoms with Crippen LogP contribution in [0.25, 0.3) is 0 Å². The van der Waals surface area contributed by atoms with Gasteiger partial charge in [-0.3, -0.25) is 4.79 Å². The molecule has 3 saturated carbocycles. The average Bonchev–Trinajstić information content (AvgIpc) is 3.04. The number of hydrogen-bond donors (Lipinski definition) is 1. The molecule has 4 heteroatoms. The summed E-state index contributed by atoms with van der Waals surface area (Å²) in [7, 11) is -2.09. The molecule has 2 bridgehead atoms. The second-order valence-electron chi connectivity index (χ2n) is 13.9. The van der Waals surface area contributed by atoms with Crippen molar-refractivity contribution in [2.45, 2.75) is 105 Å². The summed E-state index contributed by atoms with van der Waals surface area (Å²) in [5, 5.41) is 12.4. The quantitative estimate of drug-likeness (QED) is 0.404. The highest BCUT2D eigenvalue weighted by Gasteiger charge is 2.75. The zero-order valence-corrected chi connectivity index (χ0v) is 22.8. The lowest BCUT2D eigenvalue weighted by Crippen LogP contribution is -2.57. The highest BCUT2D eigenvalue weighted by atomic mass is 28.4. The molecule has 4 aliphatic rings. The van der Waals surface area contributed by atoms with Crippen molar-refractivity contribution < 1.29 is 14.3 Å². The fourth-order valence-electron chi connectivity index (χ4n) is 7.82. The van der Waals surface area contributed by atoms with E-state index in [0.717, 1.165) is 6.42 Å². The van der Waals surface area contributed by atoms with Crippen LogP contribution in [0.3, 0.4) is 0 Å². The van der Waals surface area contributed by atoms with E-state index in [-0.39, 0.29) is 46.0 Å².